The van der Waals surface area contributed by atoms with Crippen LogP contribution in [0.15, 0.2) is 65.5 Å². The number of aromatic nitrogens is 2. The zero-order valence-corrected chi connectivity index (χ0v) is 11.4. The number of nitrogens with zero attached hydrogens (tertiary/aromatic N) is 2. The van der Waals surface area contributed by atoms with Crippen molar-refractivity contribution < 1.29 is 9.21 Å². The van der Waals surface area contributed by atoms with Gasteiger partial charge < -0.3 is 9.73 Å². The second kappa shape index (κ2) is 6.09. The van der Waals surface area contributed by atoms with E-state index in [0.717, 1.165) is 11.3 Å². The van der Waals surface area contributed by atoms with Gasteiger partial charge in [-0.05, 0) is 17.7 Å². The molecule has 0 aliphatic rings. The second-order valence-electron chi connectivity index (χ2n) is 4.67. The summed E-state index contributed by atoms with van der Waals surface area (Å²) >= 11 is 0. The maximum Gasteiger partial charge on any atom is 0.254 e. The minimum atomic E-state index is -0.161. The summed E-state index contributed by atoms with van der Waals surface area (Å²) in [6.07, 6.45) is 4.89. The lowest BCUT2D eigenvalue weighted by molar-refractivity contribution is 0.0948. The first-order valence-electron chi connectivity index (χ1n) is 6.68. The summed E-state index contributed by atoms with van der Waals surface area (Å²) in [5.41, 5.74) is 1.68. The maximum absolute atomic E-state index is 12.0. The van der Waals surface area contributed by atoms with Gasteiger partial charge in [-0.1, -0.05) is 30.3 Å². The number of benzene rings is 1. The van der Waals surface area contributed by atoms with E-state index < -0.39 is 0 Å². The Bertz CT molecular complexity index is 702. The van der Waals surface area contributed by atoms with Crippen molar-refractivity contribution in [3.8, 4) is 0 Å². The quantitative estimate of drug-likeness (QED) is 0.781. The monoisotopic (exact) mass is 281 g/mol. The van der Waals surface area contributed by atoms with Crippen LogP contribution in [-0.2, 0) is 13.1 Å². The van der Waals surface area contributed by atoms with Gasteiger partial charge in [-0.25, -0.2) is 0 Å². The molecule has 5 heteroatoms. The highest BCUT2D eigenvalue weighted by Crippen LogP contribution is 2.05. The molecule has 1 amide bonds. The van der Waals surface area contributed by atoms with Gasteiger partial charge in [0.05, 0.1) is 31.1 Å². The largest absolute Gasteiger partial charge is 0.467 e. The van der Waals surface area contributed by atoms with Crippen LogP contribution in [-0.4, -0.2) is 15.7 Å². The third-order valence-corrected chi connectivity index (χ3v) is 3.09. The lowest BCUT2D eigenvalue weighted by Crippen LogP contribution is -2.22. The van der Waals surface area contributed by atoms with E-state index in [9.17, 15) is 4.79 Å². The molecule has 0 bridgehead atoms. The lowest BCUT2D eigenvalue weighted by Gasteiger charge is -2.01. The van der Waals surface area contributed by atoms with Gasteiger partial charge in [0.25, 0.3) is 5.91 Å². The normalized spacial score (nSPS) is 10.5. The van der Waals surface area contributed by atoms with Crippen LogP contribution < -0.4 is 5.32 Å². The molecule has 0 spiro atoms. The van der Waals surface area contributed by atoms with Crippen molar-refractivity contribution in [2.45, 2.75) is 13.1 Å². The average molecular weight is 281 g/mol. The number of rotatable bonds is 5. The van der Waals surface area contributed by atoms with Crippen molar-refractivity contribution in [2.24, 2.45) is 0 Å². The van der Waals surface area contributed by atoms with Gasteiger partial charge in [-0.2, -0.15) is 5.10 Å². The Morgan fingerprint density at radius 2 is 2.05 bits per heavy atom. The first-order chi connectivity index (χ1) is 10.3. The van der Waals surface area contributed by atoms with Crippen LogP contribution in [0.1, 0.15) is 21.7 Å². The molecule has 3 rings (SSSR count). The predicted molar refractivity (Wildman–Crippen MR) is 77.6 cm³/mol. The molecule has 5 nitrogen and oxygen atoms in total. The van der Waals surface area contributed by atoms with Crippen LogP contribution in [0.4, 0.5) is 0 Å². The van der Waals surface area contributed by atoms with Crippen molar-refractivity contribution in [3.63, 3.8) is 0 Å². The number of nitrogens with one attached hydrogen (secondary N) is 1. The number of amides is 1. The SMILES string of the molecule is O=C(NCc1ccco1)c1cnn(Cc2ccccc2)c1. The molecule has 0 aliphatic heterocycles. The minimum absolute atomic E-state index is 0.161. The van der Waals surface area contributed by atoms with E-state index in [1.807, 2.05) is 36.4 Å². The summed E-state index contributed by atoms with van der Waals surface area (Å²) in [6.45, 7) is 1.02. The summed E-state index contributed by atoms with van der Waals surface area (Å²) in [5.74, 6) is 0.561. The van der Waals surface area contributed by atoms with Crippen LogP contribution in [0.5, 0.6) is 0 Å². The van der Waals surface area contributed by atoms with Gasteiger partial charge in [-0.3, -0.25) is 9.48 Å². The highest BCUT2D eigenvalue weighted by Gasteiger charge is 2.09. The number of hydrogen-bond acceptors (Lipinski definition) is 3. The summed E-state index contributed by atoms with van der Waals surface area (Å²) in [4.78, 5) is 12.0. The van der Waals surface area contributed by atoms with Crippen LogP contribution in [0.3, 0.4) is 0 Å². The van der Waals surface area contributed by atoms with Crippen molar-refractivity contribution in [2.75, 3.05) is 0 Å². The van der Waals surface area contributed by atoms with Gasteiger partial charge in [-0.15, -0.1) is 0 Å². The minimum Gasteiger partial charge on any atom is -0.467 e. The Labute approximate surface area is 122 Å². The zero-order valence-electron chi connectivity index (χ0n) is 11.4. The predicted octanol–water partition coefficient (Wildman–Crippen LogP) is 2.45. The van der Waals surface area contributed by atoms with Crippen LogP contribution >= 0.6 is 0 Å². The summed E-state index contributed by atoms with van der Waals surface area (Å²) in [5, 5.41) is 7.00. The molecule has 0 unspecified atom stereocenters. The number of carbonyl (C=O) groups excluding carboxylic acids is 1. The number of furan rings is 1. The molecule has 0 saturated heterocycles. The number of carbonyl (C=O) groups is 1. The third-order valence-electron chi connectivity index (χ3n) is 3.09. The standard InChI is InChI=1S/C16H15N3O2/c20-16(17-10-15-7-4-8-21-15)14-9-18-19(12-14)11-13-5-2-1-3-6-13/h1-9,12H,10-11H2,(H,17,20). The molecule has 2 aromatic heterocycles. The zero-order chi connectivity index (χ0) is 14.5. The Kier molecular flexibility index (Phi) is 3.82. The highest BCUT2D eigenvalue weighted by molar-refractivity contribution is 5.93. The van der Waals surface area contributed by atoms with Gasteiger partial charge in [0.15, 0.2) is 0 Å². The fourth-order valence-corrected chi connectivity index (χ4v) is 2.02. The Balaban J connectivity index is 1.60. The van der Waals surface area contributed by atoms with Crippen LogP contribution in [0, 0.1) is 0 Å². The summed E-state index contributed by atoms with van der Waals surface area (Å²) in [6, 6.07) is 13.6. The van der Waals surface area contributed by atoms with E-state index in [4.69, 9.17) is 4.42 Å². The van der Waals surface area contributed by atoms with E-state index in [2.05, 4.69) is 10.4 Å². The second-order valence-corrected chi connectivity index (χ2v) is 4.67. The lowest BCUT2D eigenvalue weighted by atomic mass is 10.2. The molecular weight excluding hydrogens is 266 g/mol. The van der Waals surface area contributed by atoms with Crippen molar-refractivity contribution >= 4 is 5.91 Å². The highest BCUT2D eigenvalue weighted by atomic mass is 16.3. The molecular formula is C16H15N3O2. The number of hydrogen-bond donors (Lipinski definition) is 1. The van der Waals surface area contributed by atoms with Gasteiger partial charge >= 0.3 is 0 Å². The molecule has 1 aromatic carbocycles. The van der Waals surface area contributed by atoms with Gasteiger partial charge in [0.1, 0.15) is 5.76 Å². The van der Waals surface area contributed by atoms with E-state index in [0.29, 0.717) is 18.7 Å². The molecule has 106 valence electrons. The third kappa shape index (κ3) is 3.39. The first-order valence-corrected chi connectivity index (χ1v) is 6.68. The van der Waals surface area contributed by atoms with Crippen molar-refractivity contribution in [1.29, 1.82) is 0 Å². The molecule has 21 heavy (non-hydrogen) atoms. The Morgan fingerprint density at radius 1 is 1.19 bits per heavy atom. The van der Waals surface area contributed by atoms with E-state index in [-0.39, 0.29) is 5.91 Å². The van der Waals surface area contributed by atoms with Crippen LogP contribution in [0.2, 0.25) is 0 Å². The van der Waals surface area contributed by atoms with Gasteiger partial charge in [0.2, 0.25) is 0 Å². The smallest absolute Gasteiger partial charge is 0.254 e. The van der Waals surface area contributed by atoms with Gasteiger partial charge in [0, 0.05) is 6.20 Å². The average Bonchev–Trinajstić information content (AvgIpc) is 3.17. The molecule has 1 N–H and O–H groups in total. The summed E-state index contributed by atoms with van der Waals surface area (Å²) in [7, 11) is 0. The molecule has 0 atom stereocenters. The van der Waals surface area contributed by atoms with E-state index >= 15 is 0 Å². The molecule has 0 saturated carbocycles. The molecule has 2 heterocycles. The van der Waals surface area contributed by atoms with Crippen LogP contribution in [0.25, 0.3) is 0 Å². The molecule has 0 fully saturated rings. The fourth-order valence-electron chi connectivity index (χ4n) is 2.02. The molecule has 0 aliphatic carbocycles. The maximum atomic E-state index is 12.0. The van der Waals surface area contributed by atoms with E-state index in [1.165, 1.54) is 0 Å². The first kappa shape index (κ1) is 13.2. The fraction of sp³-hybridized carbons (Fsp3) is 0.125. The molecule has 0 radical (unpaired) electrons. The Morgan fingerprint density at radius 3 is 2.81 bits per heavy atom. The van der Waals surface area contributed by atoms with E-state index in [1.54, 1.807) is 29.4 Å². The van der Waals surface area contributed by atoms with Crippen molar-refractivity contribution in [1.82, 2.24) is 15.1 Å². The summed E-state index contributed by atoms with van der Waals surface area (Å²) < 4.78 is 6.92. The van der Waals surface area contributed by atoms with Crippen molar-refractivity contribution in [3.05, 3.63) is 78.0 Å². The molecule has 3 aromatic rings. The Hall–Kier alpha value is -2.82. The topological polar surface area (TPSA) is 60.1 Å².